The van der Waals surface area contributed by atoms with E-state index in [0.29, 0.717) is 12.5 Å². The highest BCUT2D eigenvalue weighted by Crippen LogP contribution is 2.14. The molecule has 1 aliphatic rings. The van der Waals surface area contributed by atoms with Gasteiger partial charge in [0.05, 0.1) is 13.2 Å². The molecule has 0 unspecified atom stereocenters. The maximum absolute atomic E-state index is 6.15. The van der Waals surface area contributed by atoms with Crippen molar-refractivity contribution >= 4 is 5.96 Å². The molecule has 24 heavy (non-hydrogen) atoms. The summed E-state index contributed by atoms with van der Waals surface area (Å²) in [6.45, 7) is 4.49. The van der Waals surface area contributed by atoms with E-state index in [1.165, 1.54) is 25.7 Å². The number of guanidine groups is 1. The fourth-order valence-corrected chi connectivity index (χ4v) is 2.83. The number of ether oxygens (including phenoxy) is 1. The fourth-order valence-electron chi connectivity index (χ4n) is 2.83. The lowest BCUT2D eigenvalue weighted by atomic mass is 10.2. The second-order valence-electron chi connectivity index (χ2n) is 6.72. The minimum Gasteiger partial charge on any atom is -0.494 e. The molecular weight excluding hydrogens is 300 g/mol. The van der Waals surface area contributed by atoms with Gasteiger partial charge in [-0.15, -0.1) is 0 Å². The van der Waals surface area contributed by atoms with E-state index >= 15 is 0 Å². The van der Waals surface area contributed by atoms with Crippen molar-refractivity contribution in [2.75, 3.05) is 40.3 Å². The molecule has 1 aromatic carbocycles. The Kier molecular flexibility index (Phi) is 7.89. The molecule has 0 aliphatic carbocycles. The number of likely N-dealkylation sites (tertiary alicyclic amines) is 1. The quantitative estimate of drug-likeness (QED) is 0.474. The van der Waals surface area contributed by atoms with Gasteiger partial charge in [-0.2, -0.15) is 0 Å². The minimum absolute atomic E-state index is 0.628. The van der Waals surface area contributed by atoms with Crippen molar-refractivity contribution in [3.05, 3.63) is 29.8 Å². The average Bonchev–Trinajstić information content (AvgIpc) is 2.87. The first kappa shape index (κ1) is 18.6. The SMILES string of the molecule is CN(C)CCCOc1ccc(CN=C(N)N2CCCCCC2)cc1. The number of nitrogens with zero attached hydrogens (tertiary/aromatic N) is 3. The van der Waals surface area contributed by atoms with Crippen LogP contribution in [0.5, 0.6) is 5.75 Å². The predicted molar refractivity (Wildman–Crippen MR) is 100 cm³/mol. The molecule has 0 amide bonds. The maximum Gasteiger partial charge on any atom is 0.191 e. The van der Waals surface area contributed by atoms with Crippen LogP contribution in [0, 0.1) is 0 Å². The molecule has 2 N–H and O–H groups in total. The van der Waals surface area contributed by atoms with Crippen molar-refractivity contribution in [2.24, 2.45) is 10.7 Å². The summed E-state index contributed by atoms with van der Waals surface area (Å²) in [4.78, 5) is 8.94. The zero-order chi connectivity index (χ0) is 17.2. The Balaban J connectivity index is 1.77. The molecule has 1 aliphatic heterocycles. The molecule has 5 nitrogen and oxygen atoms in total. The Hall–Kier alpha value is -1.75. The van der Waals surface area contributed by atoms with E-state index in [9.17, 15) is 0 Å². The van der Waals surface area contributed by atoms with Crippen LogP contribution in [-0.4, -0.2) is 56.1 Å². The molecule has 1 saturated heterocycles. The van der Waals surface area contributed by atoms with Crippen LogP contribution < -0.4 is 10.5 Å². The largest absolute Gasteiger partial charge is 0.494 e. The smallest absolute Gasteiger partial charge is 0.191 e. The van der Waals surface area contributed by atoms with Crippen LogP contribution in [0.2, 0.25) is 0 Å². The van der Waals surface area contributed by atoms with E-state index in [1.54, 1.807) is 0 Å². The van der Waals surface area contributed by atoms with Crippen LogP contribution in [-0.2, 0) is 6.54 Å². The van der Waals surface area contributed by atoms with Crippen LogP contribution in [0.1, 0.15) is 37.7 Å². The van der Waals surface area contributed by atoms with E-state index in [4.69, 9.17) is 10.5 Å². The van der Waals surface area contributed by atoms with Gasteiger partial charge in [-0.1, -0.05) is 25.0 Å². The second kappa shape index (κ2) is 10.2. The average molecular weight is 332 g/mol. The third-order valence-electron chi connectivity index (χ3n) is 4.30. The Morgan fingerprint density at radius 1 is 1.12 bits per heavy atom. The molecule has 0 saturated carbocycles. The number of aliphatic imine (C=N–C) groups is 1. The summed E-state index contributed by atoms with van der Waals surface area (Å²) in [6.07, 6.45) is 6.08. The van der Waals surface area contributed by atoms with E-state index in [-0.39, 0.29) is 0 Å². The van der Waals surface area contributed by atoms with Crippen molar-refractivity contribution in [3.63, 3.8) is 0 Å². The van der Waals surface area contributed by atoms with Gasteiger partial charge in [0.25, 0.3) is 0 Å². The summed E-state index contributed by atoms with van der Waals surface area (Å²) < 4.78 is 5.75. The van der Waals surface area contributed by atoms with Gasteiger partial charge in [-0.25, -0.2) is 4.99 Å². The van der Waals surface area contributed by atoms with Gasteiger partial charge >= 0.3 is 0 Å². The van der Waals surface area contributed by atoms with Crippen molar-refractivity contribution in [2.45, 2.75) is 38.6 Å². The van der Waals surface area contributed by atoms with Crippen molar-refractivity contribution in [1.29, 1.82) is 0 Å². The fraction of sp³-hybridized carbons (Fsp3) is 0.632. The molecule has 0 bridgehead atoms. The second-order valence-corrected chi connectivity index (χ2v) is 6.72. The molecule has 134 valence electrons. The Morgan fingerprint density at radius 2 is 1.79 bits per heavy atom. The highest BCUT2D eigenvalue weighted by atomic mass is 16.5. The topological polar surface area (TPSA) is 54.1 Å². The lowest BCUT2D eigenvalue weighted by Crippen LogP contribution is -2.38. The highest BCUT2D eigenvalue weighted by molar-refractivity contribution is 5.78. The van der Waals surface area contributed by atoms with Crippen LogP contribution >= 0.6 is 0 Å². The third-order valence-corrected chi connectivity index (χ3v) is 4.30. The monoisotopic (exact) mass is 332 g/mol. The predicted octanol–water partition coefficient (Wildman–Crippen LogP) is 2.71. The highest BCUT2D eigenvalue weighted by Gasteiger charge is 2.10. The van der Waals surface area contributed by atoms with Gasteiger partial charge in [0.2, 0.25) is 0 Å². The van der Waals surface area contributed by atoms with Gasteiger partial charge in [-0.05, 0) is 51.1 Å². The number of hydrogen-bond acceptors (Lipinski definition) is 3. The Bertz CT molecular complexity index is 491. The number of benzene rings is 1. The van der Waals surface area contributed by atoms with Gasteiger partial charge in [-0.3, -0.25) is 0 Å². The molecule has 0 radical (unpaired) electrons. The normalized spacial score (nSPS) is 16.3. The lowest BCUT2D eigenvalue weighted by Gasteiger charge is -2.21. The van der Waals surface area contributed by atoms with E-state index < -0.39 is 0 Å². The van der Waals surface area contributed by atoms with Crippen LogP contribution in [0.25, 0.3) is 0 Å². The molecule has 1 fully saturated rings. The minimum atomic E-state index is 0.628. The summed E-state index contributed by atoms with van der Waals surface area (Å²) in [5, 5.41) is 0. The molecule has 0 aromatic heterocycles. The van der Waals surface area contributed by atoms with Gasteiger partial charge in [0, 0.05) is 19.6 Å². The first-order valence-corrected chi connectivity index (χ1v) is 9.06. The first-order chi connectivity index (χ1) is 11.6. The maximum atomic E-state index is 6.15. The summed E-state index contributed by atoms with van der Waals surface area (Å²) in [5.41, 5.74) is 7.31. The third kappa shape index (κ3) is 6.79. The van der Waals surface area contributed by atoms with Crippen molar-refractivity contribution < 1.29 is 4.74 Å². The molecular formula is C19H32N4O. The zero-order valence-electron chi connectivity index (χ0n) is 15.2. The van der Waals surface area contributed by atoms with Gasteiger partial charge in [0.1, 0.15) is 5.75 Å². The lowest BCUT2D eigenvalue weighted by molar-refractivity contribution is 0.281. The molecule has 1 heterocycles. The Morgan fingerprint density at radius 3 is 2.42 bits per heavy atom. The van der Waals surface area contributed by atoms with E-state index in [0.717, 1.165) is 44.0 Å². The van der Waals surface area contributed by atoms with Crippen LogP contribution in [0.3, 0.4) is 0 Å². The number of rotatable bonds is 7. The molecule has 5 heteroatoms. The Labute approximate surface area is 146 Å². The van der Waals surface area contributed by atoms with Gasteiger partial charge < -0.3 is 20.3 Å². The molecule has 0 atom stereocenters. The van der Waals surface area contributed by atoms with Crippen molar-refractivity contribution in [1.82, 2.24) is 9.80 Å². The summed E-state index contributed by atoms with van der Waals surface area (Å²) in [7, 11) is 4.15. The van der Waals surface area contributed by atoms with Crippen LogP contribution in [0.4, 0.5) is 0 Å². The van der Waals surface area contributed by atoms with Crippen LogP contribution in [0.15, 0.2) is 29.3 Å². The molecule has 1 aromatic rings. The van der Waals surface area contributed by atoms with Gasteiger partial charge in [0.15, 0.2) is 5.96 Å². The zero-order valence-corrected chi connectivity index (χ0v) is 15.2. The van der Waals surface area contributed by atoms with E-state index in [2.05, 4.69) is 41.0 Å². The summed E-state index contributed by atoms with van der Waals surface area (Å²) in [6, 6.07) is 8.17. The standard InChI is InChI=1S/C19H32N4O/c1-22(2)12-7-15-24-18-10-8-17(9-11-18)16-21-19(20)23-13-5-3-4-6-14-23/h8-11H,3-7,12-16H2,1-2H3,(H2,20,21). The first-order valence-electron chi connectivity index (χ1n) is 9.06. The summed E-state index contributed by atoms with van der Waals surface area (Å²) >= 11 is 0. The van der Waals surface area contributed by atoms with Crippen molar-refractivity contribution in [3.8, 4) is 5.75 Å². The molecule has 0 spiro atoms. The van der Waals surface area contributed by atoms with E-state index in [1.807, 2.05) is 12.1 Å². The molecule has 2 rings (SSSR count). The summed E-state index contributed by atoms with van der Waals surface area (Å²) in [5.74, 6) is 1.60. The number of nitrogens with two attached hydrogens (primary N) is 1. The number of hydrogen-bond donors (Lipinski definition) is 1.